The number of nitrogens with zero attached hydrogens (tertiary/aromatic N) is 1. The number of rotatable bonds is 6. The van der Waals surface area contributed by atoms with Crippen LogP contribution in [0.25, 0.3) is 6.08 Å². The number of hydrogen-bond acceptors (Lipinski definition) is 4. The van der Waals surface area contributed by atoms with E-state index in [1.807, 2.05) is 6.07 Å². The van der Waals surface area contributed by atoms with E-state index in [0.29, 0.717) is 31.0 Å². The normalized spacial score (nSPS) is 10.8. The quantitative estimate of drug-likeness (QED) is 0.444. The van der Waals surface area contributed by atoms with Crippen LogP contribution in [0.4, 0.5) is 5.69 Å². The molecule has 0 fully saturated rings. The largest absolute Gasteiger partial charge is 0.481 e. The first-order valence-corrected chi connectivity index (χ1v) is 9.36. The summed E-state index contributed by atoms with van der Waals surface area (Å²) in [4.78, 5) is 23.2. The fraction of sp³-hybridized carbons (Fsp3) is 0.0556. The number of nitriles is 1. The third kappa shape index (κ3) is 5.82. The van der Waals surface area contributed by atoms with E-state index >= 15 is 0 Å². The van der Waals surface area contributed by atoms with Crippen LogP contribution in [-0.2, 0) is 9.59 Å². The molecular weight excluding hydrogens is 501 g/mol. The zero-order valence-corrected chi connectivity index (χ0v) is 17.6. The van der Waals surface area contributed by atoms with Crippen LogP contribution in [-0.4, -0.2) is 18.4 Å². The minimum atomic E-state index is -0.610. The Kier molecular flexibility index (Phi) is 7.42. The molecule has 0 atom stereocenters. The first kappa shape index (κ1) is 21.0. The van der Waals surface area contributed by atoms with Crippen molar-refractivity contribution in [2.45, 2.75) is 0 Å². The van der Waals surface area contributed by atoms with Gasteiger partial charge in [-0.05, 0) is 67.8 Å². The second kappa shape index (κ2) is 9.55. The van der Waals surface area contributed by atoms with Crippen molar-refractivity contribution in [1.82, 2.24) is 0 Å². The number of primary amides is 1. The fourth-order valence-corrected chi connectivity index (χ4v) is 3.65. The second-order valence-electron chi connectivity index (χ2n) is 5.17. The van der Waals surface area contributed by atoms with Crippen LogP contribution in [0, 0.1) is 11.3 Å². The number of carbonyl (C=O) groups excluding carboxylic acids is 2. The third-order valence-electron chi connectivity index (χ3n) is 3.18. The molecule has 6 nitrogen and oxygen atoms in total. The van der Waals surface area contributed by atoms with Gasteiger partial charge in [-0.2, -0.15) is 5.26 Å². The van der Waals surface area contributed by atoms with Crippen molar-refractivity contribution in [1.29, 1.82) is 5.26 Å². The molecule has 2 aromatic rings. The molecule has 2 aromatic carbocycles. The van der Waals surface area contributed by atoms with Crippen LogP contribution in [0.2, 0.25) is 5.02 Å². The number of carbonyl (C=O) groups is 2. The Hall–Kier alpha value is -2.34. The Morgan fingerprint density at radius 2 is 1.89 bits per heavy atom. The number of para-hydroxylation sites is 1. The molecule has 0 radical (unpaired) electrons. The van der Waals surface area contributed by atoms with E-state index in [9.17, 15) is 14.9 Å². The van der Waals surface area contributed by atoms with E-state index in [0.717, 1.165) is 0 Å². The van der Waals surface area contributed by atoms with Gasteiger partial charge < -0.3 is 15.8 Å². The van der Waals surface area contributed by atoms with Gasteiger partial charge in [-0.15, -0.1) is 0 Å². The summed E-state index contributed by atoms with van der Waals surface area (Å²) in [6.07, 6.45) is 1.42. The van der Waals surface area contributed by atoms with E-state index in [2.05, 4.69) is 37.2 Å². The molecule has 0 heterocycles. The molecule has 0 aliphatic rings. The fourth-order valence-electron chi connectivity index (χ4n) is 2.01. The van der Waals surface area contributed by atoms with Crippen molar-refractivity contribution in [2.24, 2.45) is 5.73 Å². The van der Waals surface area contributed by atoms with Gasteiger partial charge in [-0.3, -0.25) is 9.59 Å². The number of benzene rings is 2. The summed E-state index contributed by atoms with van der Waals surface area (Å²) in [5.74, 6) is -0.822. The van der Waals surface area contributed by atoms with Gasteiger partial charge in [0.1, 0.15) is 17.4 Å². The average molecular weight is 514 g/mol. The topological polar surface area (TPSA) is 105 Å². The van der Waals surface area contributed by atoms with Gasteiger partial charge in [-0.1, -0.05) is 23.7 Å². The number of amides is 2. The van der Waals surface area contributed by atoms with Crippen molar-refractivity contribution in [3.8, 4) is 11.8 Å². The van der Waals surface area contributed by atoms with E-state index in [-0.39, 0.29) is 12.2 Å². The number of halogens is 3. The predicted molar refractivity (Wildman–Crippen MR) is 110 cm³/mol. The Balaban J connectivity index is 2.27. The lowest BCUT2D eigenvalue weighted by atomic mass is 10.1. The molecule has 3 N–H and O–H groups in total. The summed E-state index contributed by atoms with van der Waals surface area (Å²) in [6, 6.07) is 11.9. The van der Waals surface area contributed by atoms with E-state index in [1.165, 1.54) is 6.08 Å². The van der Waals surface area contributed by atoms with Crippen molar-refractivity contribution in [3.63, 3.8) is 0 Å². The van der Waals surface area contributed by atoms with Gasteiger partial charge in [-0.25, -0.2) is 0 Å². The molecule has 0 bridgehead atoms. The molecule has 138 valence electrons. The molecule has 0 aliphatic carbocycles. The Morgan fingerprint density at radius 3 is 2.44 bits per heavy atom. The van der Waals surface area contributed by atoms with Crippen LogP contribution >= 0.6 is 43.5 Å². The highest BCUT2D eigenvalue weighted by Gasteiger charge is 2.14. The summed E-state index contributed by atoms with van der Waals surface area (Å²) in [6.45, 7) is -0.282. The van der Waals surface area contributed by atoms with Crippen LogP contribution < -0.4 is 15.8 Å². The summed E-state index contributed by atoms with van der Waals surface area (Å²) in [5.41, 5.74) is 5.92. The minimum absolute atomic E-state index is 0.112. The number of ether oxygens (including phenoxy) is 1. The molecule has 9 heteroatoms. The monoisotopic (exact) mass is 511 g/mol. The standard InChI is InChI=1S/C18H12Br2ClN3O3/c19-12-6-10(7-13(20)17(12)27-9-16(23)25)5-11(8-22)18(26)24-15-4-2-1-3-14(15)21/h1-7H,9H2,(H2,23,25)(H,24,26)/b11-5+. The average Bonchev–Trinajstić information content (AvgIpc) is 2.60. The molecule has 27 heavy (non-hydrogen) atoms. The Bertz CT molecular complexity index is 948. The Morgan fingerprint density at radius 1 is 1.26 bits per heavy atom. The van der Waals surface area contributed by atoms with Gasteiger partial charge in [0.25, 0.3) is 11.8 Å². The van der Waals surface area contributed by atoms with Crippen molar-refractivity contribution < 1.29 is 14.3 Å². The van der Waals surface area contributed by atoms with Crippen LogP contribution in [0.5, 0.6) is 5.75 Å². The molecule has 2 rings (SSSR count). The minimum Gasteiger partial charge on any atom is -0.481 e. The molecule has 0 saturated heterocycles. The third-order valence-corrected chi connectivity index (χ3v) is 4.69. The maximum Gasteiger partial charge on any atom is 0.266 e. The van der Waals surface area contributed by atoms with Crippen LogP contribution in [0.1, 0.15) is 5.56 Å². The predicted octanol–water partition coefficient (Wildman–Crippen LogP) is 4.27. The van der Waals surface area contributed by atoms with Crippen LogP contribution in [0.15, 0.2) is 50.9 Å². The Labute approximate surface area is 177 Å². The highest BCUT2D eigenvalue weighted by molar-refractivity contribution is 9.11. The number of nitrogens with one attached hydrogen (secondary N) is 1. The smallest absolute Gasteiger partial charge is 0.266 e. The van der Waals surface area contributed by atoms with Crippen molar-refractivity contribution in [3.05, 3.63) is 61.5 Å². The molecule has 0 spiro atoms. The van der Waals surface area contributed by atoms with Gasteiger partial charge in [0, 0.05) is 0 Å². The lowest BCUT2D eigenvalue weighted by molar-refractivity contribution is -0.120. The lowest BCUT2D eigenvalue weighted by Gasteiger charge is -2.10. The van der Waals surface area contributed by atoms with Crippen molar-refractivity contribution >= 4 is 67.0 Å². The van der Waals surface area contributed by atoms with E-state index < -0.39 is 11.8 Å². The molecular formula is C18H12Br2ClN3O3. The highest BCUT2D eigenvalue weighted by atomic mass is 79.9. The summed E-state index contributed by atoms with van der Waals surface area (Å²) >= 11 is 12.7. The maximum absolute atomic E-state index is 12.4. The zero-order valence-electron chi connectivity index (χ0n) is 13.6. The van der Waals surface area contributed by atoms with Crippen molar-refractivity contribution in [2.75, 3.05) is 11.9 Å². The SMILES string of the molecule is N#C/C(=C\c1cc(Br)c(OCC(N)=O)c(Br)c1)C(=O)Nc1ccccc1Cl. The summed E-state index contributed by atoms with van der Waals surface area (Å²) in [5, 5.41) is 12.3. The maximum atomic E-state index is 12.4. The zero-order chi connectivity index (χ0) is 20.0. The first-order valence-electron chi connectivity index (χ1n) is 7.39. The van der Waals surface area contributed by atoms with Gasteiger partial charge in [0.15, 0.2) is 6.61 Å². The summed E-state index contributed by atoms with van der Waals surface area (Å²) in [7, 11) is 0. The molecule has 0 unspecified atom stereocenters. The van der Waals surface area contributed by atoms with E-state index in [1.54, 1.807) is 36.4 Å². The molecule has 0 aromatic heterocycles. The second-order valence-corrected chi connectivity index (χ2v) is 7.29. The number of anilines is 1. The molecule has 2 amide bonds. The highest BCUT2D eigenvalue weighted by Crippen LogP contribution is 2.35. The lowest BCUT2D eigenvalue weighted by Crippen LogP contribution is -2.20. The van der Waals surface area contributed by atoms with Gasteiger partial charge in [0.2, 0.25) is 0 Å². The van der Waals surface area contributed by atoms with E-state index in [4.69, 9.17) is 22.1 Å². The summed E-state index contributed by atoms with van der Waals surface area (Å²) < 4.78 is 6.35. The first-order chi connectivity index (χ1) is 12.8. The van der Waals surface area contributed by atoms with Crippen LogP contribution in [0.3, 0.4) is 0 Å². The molecule has 0 aliphatic heterocycles. The molecule has 0 saturated carbocycles. The number of nitrogens with two attached hydrogens (primary N) is 1. The van der Waals surface area contributed by atoms with Gasteiger partial charge in [0.05, 0.1) is 19.7 Å². The van der Waals surface area contributed by atoms with Gasteiger partial charge >= 0.3 is 0 Å². The number of hydrogen-bond donors (Lipinski definition) is 2.